The summed E-state index contributed by atoms with van der Waals surface area (Å²) in [5.41, 5.74) is -0.997. The van der Waals surface area contributed by atoms with Crippen molar-refractivity contribution in [1.29, 1.82) is 0 Å². The van der Waals surface area contributed by atoms with Gasteiger partial charge in [-0.25, -0.2) is 0 Å². The number of hydrogen-bond acceptors (Lipinski definition) is 5. The van der Waals surface area contributed by atoms with Gasteiger partial charge in [-0.1, -0.05) is 13.3 Å². The Kier molecular flexibility index (Phi) is 4.43. The number of hydrogen-bond donors (Lipinski definition) is 2. The minimum Gasteiger partial charge on any atom is -0.395 e. The molecule has 0 saturated carbocycles. The third-order valence-electron chi connectivity index (χ3n) is 2.41. The summed E-state index contributed by atoms with van der Waals surface area (Å²) in [5, 5.41) is 22.7. The van der Waals surface area contributed by atoms with Crippen LogP contribution < -0.4 is 5.32 Å². The molecular formula is C11H16N2O5. The number of nitro groups is 1. The summed E-state index contributed by atoms with van der Waals surface area (Å²) in [6, 6.07) is 2.33. The Morgan fingerprint density at radius 3 is 2.78 bits per heavy atom. The van der Waals surface area contributed by atoms with E-state index in [0.717, 1.165) is 12.5 Å². The van der Waals surface area contributed by atoms with Crippen LogP contribution in [0.25, 0.3) is 0 Å². The summed E-state index contributed by atoms with van der Waals surface area (Å²) in [5.74, 6) is -1.21. The van der Waals surface area contributed by atoms with Crippen LogP contribution >= 0.6 is 0 Å². The van der Waals surface area contributed by atoms with E-state index in [9.17, 15) is 20.0 Å². The highest BCUT2D eigenvalue weighted by Crippen LogP contribution is 2.16. The fourth-order valence-corrected chi connectivity index (χ4v) is 1.53. The second kappa shape index (κ2) is 5.63. The van der Waals surface area contributed by atoms with Gasteiger partial charge in [-0.2, -0.15) is 0 Å². The number of carbonyl (C=O) groups excluding carboxylic acids is 1. The van der Waals surface area contributed by atoms with E-state index in [1.165, 1.54) is 6.07 Å². The van der Waals surface area contributed by atoms with Crippen LogP contribution in [-0.4, -0.2) is 28.1 Å². The van der Waals surface area contributed by atoms with Crippen molar-refractivity contribution in [3.63, 3.8) is 0 Å². The molecule has 0 aliphatic rings. The maximum Gasteiger partial charge on any atom is 0.433 e. The molecule has 7 nitrogen and oxygen atoms in total. The minimum absolute atomic E-state index is 0.0637. The van der Waals surface area contributed by atoms with Crippen molar-refractivity contribution in [2.75, 3.05) is 6.54 Å². The van der Waals surface area contributed by atoms with Crippen LogP contribution in [0, 0.1) is 10.1 Å². The van der Waals surface area contributed by atoms with Crippen LogP contribution in [0.4, 0.5) is 5.88 Å². The summed E-state index contributed by atoms with van der Waals surface area (Å²) in [7, 11) is 0. The number of nitrogens with one attached hydrogen (secondary N) is 1. The lowest BCUT2D eigenvalue weighted by Crippen LogP contribution is -2.40. The topological polar surface area (TPSA) is 106 Å². The molecule has 1 amide bonds. The Morgan fingerprint density at radius 1 is 1.61 bits per heavy atom. The smallest absolute Gasteiger partial charge is 0.395 e. The summed E-state index contributed by atoms with van der Waals surface area (Å²) in [6.45, 7) is 3.60. The van der Waals surface area contributed by atoms with Crippen LogP contribution in [0.2, 0.25) is 0 Å². The van der Waals surface area contributed by atoms with Crippen molar-refractivity contribution in [3.8, 4) is 0 Å². The van der Waals surface area contributed by atoms with Crippen molar-refractivity contribution in [2.45, 2.75) is 32.3 Å². The SMILES string of the molecule is CCCC(C)(O)CNC(=O)c1ccc([N+](=O)[O-])o1. The number of amides is 1. The average Bonchev–Trinajstić information content (AvgIpc) is 2.75. The van der Waals surface area contributed by atoms with E-state index in [1.54, 1.807) is 6.92 Å². The van der Waals surface area contributed by atoms with E-state index in [1.807, 2.05) is 6.92 Å². The summed E-state index contributed by atoms with van der Waals surface area (Å²) < 4.78 is 4.74. The van der Waals surface area contributed by atoms with E-state index >= 15 is 0 Å². The van der Waals surface area contributed by atoms with Gasteiger partial charge in [0.2, 0.25) is 0 Å². The average molecular weight is 256 g/mol. The normalized spacial score (nSPS) is 13.9. The number of carbonyl (C=O) groups is 1. The molecule has 1 rings (SSSR count). The molecule has 0 aliphatic heterocycles. The quantitative estimate of drug-likeness (QED) is 0.592. The highest BCUT2D eigenvalue weighted by molar-refractivity contribution is 5.91. The van der Waals surface area contributed by atoms with Crippen molar-refractivity contribution in [3.05, 3.63) is 28.0 Å². The number of nitrogens with zero attached hydrogens (tertiary/aromatic N) is 1. The molecule has 7 heteroatoms. The van der Waals surface area contributed by atoms with E-state index in [0.29, 0.717) is 6.42 Å². The van der Waals surface area contributed by atoms with Crippen molar-refractivity contribution < 1.29 is 19.2 Å². The van der Waals surface area contributed by atoms with Gasteiger partial charge in [0, 0.05) is 6.54 Å². The van der Waals surface area contributed by atoms with Gasteiger partial charge in [-0.15, -0.1) is 0 Å². The first-order valence-corrected chi connectivity index (χ1v) is 5.60. The Bertz CT molecular complexity index is 438. The first-order chi connectivity index (χ1) is 8.35. The van der Waals surface area contributed by atoms with Gasteiger partial charge in [0.1, 0.15) is 4.92 Å². The monoisotopic (exact) mass is 256 g/mol. The van der Waals surface area contributed by atoms with Crippen LogP contribution in [-0.2, 0) is 0 Å². The first-order valence-electron chi connectivity index (χ1n) is 5.60. The molecule has 0 spiro atoms. The molecule has 1 aromatic rings. The molecule has 1 aromatic heterocycles. The van der Waals surface area contributed by atoms with Gasteiger partial charge < -0.3 is 14.8 Å². The maximum absolute atomic E-state index is 11.6. The van der Waals surface area contributed by atoms with Gasteiger partial charge in [0.25, 0.3) is 5.91 Å². The highest BCUT2D eigenvalue weighted by Gasteiger charge is 2.22. The molecular weight excluding hydrogens is 240 g/mol. The fourth-order valence-electron chi connectivity index (χ4n) is 1.53. The minimum atomic E-state index is -0.997. The Labute approximate surface area is 104 Å². The van der Waals surface area contributed by atoms with E-state index < -0.39 is 22.3 Å². The third kappa shape index (κ3) is 3.85. The van der Waals surface area contributed by atoms with Crippen LogP contribution in [0.5, 0.6) is 0 Å². The Morgan fingerprint density at radius 2 is 2.28 bits per heavy atom. The molecule has 1 atom stereocenters. The number of aliphatic hydroxyl groups is 1. The zero-order chi connectivity index (χ0) is 13.8. The van der Waals surface area contributed by atoms with E-state index in [2.05, 4.69) is 5.32 Å². The Hall–Kier alpha value is -1.89. The zero-order valence-corrected chi connectivity index (χ0v) is 10.3. The summed E-state index contributed by atoms with van der Waals surface area (Å²) in [4.78, 5) is 21.3. The molecule has 1 heterocycles. The molecule has 0 fully saturated rings. The second-order valence-electron chi connectivity index (χ2n) is 4.32. The summed E-state index contributed by atoms with van der Waals surface area (Å²) >= 11 is 0. The molecule has 0 aromatic carbocycles. The number of rotatable bonds is 6. The van der Waals surface area contributed by atoms with Crippen LogP contribution in [0.1, 0.15) is 37.2 Å². The van der Waals surface area contributed by atoms with Gasteiger partial charge in [0.15, 0.2) is 5.76 Å². The highest BCUT2D eigenvalue weighted by atomic mass is 16.6. The van der Waals surface area contributed by atoms with Crippen molar-refractivity contribution >= 4 is 11.8 Å². The van der Waals surface area contributed by atoms with Gasteiger partial charge >= 0.3 is 5.88 Å². The molecule has 2 N–H and O–H groups in total. The molecule has 0 saturated heterocycles. The molecule has 0 radical (unpaired) electrons. The second-order valence-corrected chi connectivity index (χ2v) is 4.32. The first kappa shape index (κ1) is 14.2. The lowest BCUT2D eigenvalue weighted by molar-refractivity contribution is -0.402. The zero-order valence-electron chi connectivity index (χ0n) is 10.3. The van der Waals surface area contributed by atoms with E-state index in [-0.39, 0.29) is 12.3 Å². The fraction of sp³-hybridized carbons (Fsp3) is 0.545. The summed E-state index contributed by atoms with van der Waals surface area (Å²) in [6.07, 6.45) is 1.33. The standard InChI is InChI=1S/C11H16N2O5/c1-3-6-11(2,15)7-12-10(14)8-4-5-9(18-8)13(16)17/h4-5,15H,3,6-7H2,1-2H3,(H,12,14). The lowest BCUT2D eigenvalue weighted by Gasteiger charge is -2.22. The van der Waals surface area contributed by atoms with Crippen molar-refractivity contribution in [1.82, 2.24) is 5.32 Å². The molecule has 18 heavy (non-hydrogen) atoms. The molecule has 100 valence electrons. The van der Waals surface area contributed by atoms with Crippen LogP contribution in [0.3, 0.4) is 0 Å². The molecule has 1 unspecified atom stereocenters. The van der Waals surface area contributed by atoms with Crippen LogP contribution in [0.15, 0.2) is 16.5 Å². The molecule has 0 aliphatic carbocycles. The largest absolute Gasteiger partial charge is 0.433 e. The van der Waals surface area contributed by atoms with Crippen molar-refractivity contribution in [2.24, 2.45) is 0 Å². The number of furan rings is 1. The Balaban J connectivity index is 2.57. The maximum atomic E-state index is 11.6. The third-order valence-corrected chi connectivity index (χ3v) is 2.41. The van der Waals surface area contributed by atoms with Gasteiger partial charge in [-0.05, 0) is 19.4 Å². The predicted molar refractivity (Wildman–Crippen MR) is 63.2 cm³/mol. The predicted octanol–water partition coefficient (Wildman–Crippen LogP) is 1.47. The molecule has 0 bridgehead atoms. The van der Waals surface area contributed by atoms with Gasteiger partial charge in [0.05, 0.1) is 11.7 Å². The van der Waals surface area contributed by atoms with E-state index in [4.69, 9.17) is 4.42 Å². The lowest BCUT2D eigenvalue weighted by atomic mass is 10.0. The van der Waals surface area contributed by atoms with Gasteiger partial charge in [-0.3, -0.25) is 14.9 Å².